The van der Waals surface area contributed by atoms with Crippen LogP contribution in [0.5, 0.6) is 5.75 Å². The quantitative estimate of drug-likeness (QED) is 0.203. The number of esters is 1. The Labute approximate surface area is 209 Å². The summed E-state index contributed by atoms with van der Waals surface area (Å²) < 4.78 is 39.5. The van der Waals surface area contributed by atoms with Gasteiger partial charge in [-0.15, -0.1) is 0 Å². The van der Waals surface area contributed by atoms with E-state index in [0.29, 0.717) is 12.0 Å². The zero-order chi connectivity index (χ0) is 25.7. The molecule has 0 aliphatic heterocycles. The van der Waals surface area contributed by atoms with E-state index in [9.17, 15) is 18.0 Å². The Morgan fingerprint density at radius 3 is 2.42 bits per heavy atom. The third kappa shape index (κ3) is 6.08. The number of hydrogen-bond acceptors (Lipinski definition) is 6. The van der Waals surface area contributed by atoms with Crippen molar-refractivity contribution in [2.24, 2.45) is 0 Å². The number of carbonyl (C=O) groups is 1. The van der Waals surface area contributed by atoms with Gasteiger partial charge in [0.1, 0.15) is 17.4 Å². The van der Waals surface area contributed by atoms with Crippen LogP contribution in [0.2, 0.25) is 0 Å². The summed E-state index contributed by atoms with van der Waals surface area (Å²) in [5.41, 5.74) is 2.35. The summed E-state index contributed by atoms with van der Waals surface area (Å²) in [6, 6.07) is 20.5. The summed E-state index contributed by atoms with van der Waals surface area (Å²) in [5, 5.41) is 0.761. The van der Waals surface area contributed by atoms with Crippen molar-refractivity contribution in [2.75, 3.05) is 0 Å². The highest BCUT2D eigenvalue weighted by atomic mass is 32.2. The van der Waals surface area contributed by atoms with Crippen LogP contribution in [-0.4, -0.2) is 20.4 Å². The Morgan fingerprint density at radius 1 is 1.00 bits per heavy atom. The van der Waals surface area contributed by atoms with Crippen LogP contribution in [0.1, 0.15) is 30.0 Å². The molecule has 36 heavy (non-hydrogen) atoms. The summed E-state index contributed by atoms with van der Waals surface area (Å²) in [6.45, 7) is 3.87. The van der Waals surface area contributed by atoms with Gasteiger partial charge in [-0.1, -0.05) is 61.4 Å². The second-order valence-electron chi connectivity index (χ2n) is 8.60. The van der Waals surface area contributed by atoms with Crippen LogP contribution >= 0.6 is 0 Å². The van der Waals surface area contributed by atoms with E-state index in [-0.39, 0.29) is 17.1 Å². The Bertz CT molecular complexity index is 1530. The van der Waals surface area contributed by atoms with Gasteiger partial charge < -0.3 is 9.15 Å². The van der Waals surface area contributed by atoms with Crippen molar-refractivity contribution in [3.8, 4) is 5.75 Å². The van der Waals surface area contributed by atoms with Gasteiger partial charge in [-0.2, -0.15) is 4.72 Å². The molecule has 4 aromatic rings. The van der Waals surface area contributed by atoms with E-state index in [2.05, 4.69) is 4.72 Å². The predicted octanol–water partition coefficient (Wildman–Crippen LogP) is 4.55. The summed E-state index contributed by atoms with van der Waals surface area (Å²) >= 11 is 0. The van der Waals surface area contributed by atoms with Crippen LogP contribution in [-0.2, 0) is 27.7 Å². The lowest BCUT2D eigenvalue weighted by molar-refractivity contribution is -0.136. The third-order valence-electron chi connectivity index (χ3n) is 5.74. The van der Waals surface area contributed by atoms with E-state index >= 15 is 0 Å². The van der Waals surface area contributed by atoms with Crippen molar-refractivity contribution < 1.29 is 22.4 Å². The topological polar surface area (TPSA) is 103 Å². The van der Waals surface area contributed by atoms with E-state index in [1.54, 1.807) is 36.4 Å². The number of hydrogen-bond donors (Lipinski definition) is 1. The molecule has 0 radical (unpaired) electrons. The molecular formula is C28H27NO6S. The van der Waals surface area contributed by atoms with Gasteiger partial charge in [0.2, 0.25) is 10.0 Å². The minimum atomic E-state index is -4.00. The first-order valence-electron chi connectivity index (χ1n) is 11.7. The maximum Gasteiger partial charge on any atom is 0.336 e. The molecule has 0 aliphatic carbocycles. The lowest BCUT2D eigenvalue weighted by Crippen LogP contribution is -2.44. The molecule has 0 fully saturated rings. The Hall–Kier alpha value is -3.75. The molecule has 8 heteroatoms. The monoisotopic (exact) mass is 505 g/mol. The van der Waals surface area contributed by atoms with Crippen LogP contribution in [0.3, 0.4) is 0 Å². The van der Waals surface area contributed by atoms with Crippen molar-refractivity contribution in [1.29, 1.82) is 0 Å². The van der Waals surface area contributed by atoms with E-state index in [0.717, 1.165) is 28.5 Å². The number of rotatable bonds is 9. The first kappa shape index (κ1) is 25.3. The molecule has 0 saturated heterocycles. The largest absolute Gasteiger partial charge is 0.425 e. The molecule has 186 valence electrons. The molecule has 0 bridgehead atoms. The molecule has 0 spiro atoms. The smallest absolute Gasteiger partial charge is 0.336 e. The number of carbonyl (C=O) groups excluding carboxylic acids is 1. The summed E-state index contributed by atoms with van der Waals surface area (Å²) in [5.74, 6) is -0.627. The molecule has 0 amide bonds. The maximum atomic E-state index is 13.2. The van der Waals surface area contributed by atoms with E-state index < -0.39 is 27.7 Å². The number of sulfonamides is 1. The van der Waals surface area contributed by atoms with Gasteiger partial charge >= 0.3 is 11.6 Å². The molecular weight excluding hydrogens is 478 g/mol. The van der Waals surface area contributed by atoms with Gasteiger partial charge in [0.05, 0.1) is 4.90 Å². The molecule has 0 unspecified atom stereocenters. The van der Waals surface area contributed by atoms with Crippen LogP contribution in [0, 0.1) is 6.92 Å². The fourth-order valence-electron chi connectivity index (χ4n) is 3.93. The summed E-state index contributed by atoms with van der Waals surface area (Å²) in [6.07, 6.45) is 1.66. The number of benzene rings is 3. The third-order valence-corrected chi connectivity index (χ3v) is 7.22. The number of fused-ring (bicyclic) bond motifs is 1. The lowest BCUT2D eigenvalue weighted by Gasteiger charge is -2.18. The van der Waals surface area contributed by atoms with Gasteiger partial charge in [0, 0.05) is 17.5 Å². The van der Waals surface area contributed by atoms with Crippen molar-refractivity contribution >= 4 is 27.0 Å². The normalized spacial score (nSPS) is 12.4. The molecule has 1 atom stereocenters. The van der Waals surface area contributed by atoms with Crippen LogP contribution in [0.4, 0.5) is 0 Å². The fraction of sp³-hybridized carbons (Fsp3) is 0.214. The van der Waals surface area contributed by atoms with Crippen molar-refractivity contribution in [3.05, 3.63) is 106 Å². The maximum absolute atomic E-state index is 13.2. The molecule has 1 heterocycles. The number of aryl methyl sites for hydroxylation is 2. The van der Waals surface area contributed by atoms with Crippen molar-refractivity contribution in [2.45, 2.75) is 44.0 Å². The Balaban J connectivity index is 1.62. The fourth-order valence-corrected chi connectivity index (χ4v) is 5.12. The molecule has 7 nitrogen and oxygen atoms in total. The van der Waals surface area contributed by atoms with Gasteiger partial charge in [-0.25, -0.2) is 18.0 Å². The Kier molecular flexibility index (Phi) is 7.67. The highest BCUT2D eigenvalue weighted by Crippen LogP contribution is 2.24. The van der Waals surface area contributed by atoms with Crippen molar-refractivity contribution in [1.82, 2.24) is 4.72 Å². The molecule has 1 aromatic heterocycles. The molecule has 1 N–H and O–H groups in total. The second kappa shape index (κ2) is 10.9. The summed E-state index contributed by atoms with van der Waals surface area (Å²) in [4.78, 5) is 25.2. The Morgan fingerprint density at radius 2 is 1.72 bits per heavy atom. The molecule has 0 aliphatic rings. The first-order chi connectivity index (χ1) is 17.2. The zero-order valence-corrected chi connectivity index (χ0v) is 20.9. The first-order valence-corrected chi connectivity index (χ1v) is 13.1. The summed E-state index contributed by atoms with van der Waals surface area (Å²) in [7, 11) is -4.00. The van der Waals surface area contributed by atoms with Gasteiger partial charge in [-0.05, 0) is 55.2 Å². The predicted molar refractivity (Wildman–Crippen MR) is 138 cm³/mol. The van der Waals surface area contributed by atoms with Crippen LogP contribution < -0.4 is 15.1 Å². The van der Waals surface area contributed by atoms with Crippen molar-refractivity contribution in [3.63, 3.8) is 0 Å². The second-order valence-corrected chi connectivity index (χ2v) is 10.3. The van der Waals surface area contributed by atoms with Gasteiger partial charge in [-0.3, -0.25) is 0 Å². The van der Waals surface area contributed by atoms with E-state index in [1.807, 2.05) is 32.0 Å². The lowest BCUT2D eigenvalue weighted by atomic mass is 10.1. The van der Waals surface area contributed by atoms with E-state index in [1.165, 1.54) is 24.3 Å². The number of ether oxygens (including phenoxy) is 1. The van der Waals surface area contributed by atoms with Crippen LogP contribution in [0.25, 0.3) is 11.0 Å². The minimum absolute atomic E-state index is 0.0508. The average Bonchev–Trinajstić information content (AvgIpc) is 2.84. The van der Waals surface area contributed by atoms with Gasteiger partial charge in [0.25, 0.3) is 0 Å². The highest BCUT2D eigenvalue weighted by molar-refractivity contribution is 7.89. The zero-order valence-electron chi connectivity index (χ0n) is 20.1. The van der Waals surface area contributed by atoms with E-state index in [4.69, 9.17) is 9.15 Å². The molecule has 0 saturated carbocycles. The molecule has 4 rings (SSSR count). The van der Waals surface area contributed by atoms with Gasteiger partial charge in [0.15, 0.2) is 0 Å². The average molecular weight is 506 g/mol. The minimum Gasteiger partial charge on any atom is -0.425 e. The molecule has 3 aromatic carbocycles. The number of nitrogens with one attached hydrogen (secondary N) is 1. The standard InChI is InChI=1S/C28H27NO6S/c1-3-7-21-17-27(30)35-26-18-22(12-15-24(21)26)34-28(31)25(16-20-8-5-4-6-9-20)29-36(32,33)23-13-10-19(2)11-14-23/h4-6,8-15,17-18,25,29H,3,7,16H2,1-2H3/t25-/m0/s1. The SMILES string of the molecule is CCCc1cc(=O)oc2cc(OC(=O)[C@H](Cc3ccccc3)NS(=O)(=O)c3ccc(C)cc3)ccc12. The van der Waals surface area contributed by atoms with Crippen LogP contribution in [0.15, 0.2) is 93.0 Å². The highest BCUT2D eigenvalue weighted by Gasteiger charge is 2.28.